The van der Waals surface area contributed by atoms with Crippen LogP contribution in [0.1, 0.15) is 5.56 Å². The Morgan fingerprint density at radius 2 is 2.17 bits per heavy atom. The van der Waals surface area contributed by atoms with Crippen molar-refractivity contribution in [2.75, 3.05) is 0 Å². The van der Waals surface area contributed by atoms with E-state index in [2.05, 4.69) is 5.10 Å². The monoisotopic (exact) mass is 164 g/mol. The molecule has 0 atom stereocenters. The molecule has 12 heavy (non-hydrogen) atoms. The maximum Gasteiger partial charge on any atom is 0.124 e. The van der Waals surface area contributed by atoms with E-state index in [1.54, 1.807) is 10.9 Å². The second-order valence-electron chi connectivity index (χ2n) is 2.93. The zero-order valence-electron chi connectivity index (χ0n) is 7.00. The third-order valence-corrected chi connectivity index (χ3v) is 1.99. The molecular formula is C9H9FN2. The first-order valence-corrected chi connectivity index (χ1v) is 3.76. The molecule has 0 aliphatic heterocycles. The Morgan fingerprint density at radius 1 is 1.42 bits per heavy atom. The molecule has 2 rings (SSSR count). The van der Waals surface area contributed by atoms with Crippen LogP contribution in [-0.2, 0) is 7.05 Å². The van der Waals surface area contributed by atoms with Gasteiger partial charge in [0.25, 0.3) is 0 Å². The number of halogens is 1. The molecule has 1 heterocycles. The highest BCUT2D eigenvalue weighted by Gasteiger charge is 2.04. The van der Waals surface area contributed by atoms with Gasteiger partial charge in [0.1, 0.15) is 5.82 Å². The van der Waals surface area contributed by atoms with E-state index in [4.69, 9.17) is 0 Å². The third kappa shape index (κ3) is 0.897. The van der Waals surface area contributed by atoms with E-state index in [0.29, 0.717) is 0 Å². The quantitative estimate of drug-likeness (QED) is 0.582. The Kier molecular flexibility index (Phi) is 1.40. The number of fused-ring (bicyclic) bond motifs is 1. The Balaban J connectivity index is 2.93. The molecule has 1 aromatic carbocycles. The first-order valence-electron chi connectivity index (χ1n) is 3.76. The van der Waals surface area contributed by atoms with Crippen molar-refractivity contribution in [3.63, 3.8) is 0 Å². The van der Waals surface area contributed by atoms with Gasteiger partial charge in [0.05, 0.1) is 11.7 Å². The zero-order chi connectivity index (χ0) is 8.72. The molecule has 0 spiro atoms. The lowest BCUT2D eigenvalue weighted by Gasteiger charge is -1.98. The van der Waals surface area contributed by atoms with Crippen LogP contribution in [0.15, 0.2) is 18.3 Å². The number of nitrogens with zero attached hydrogens (tertiary/aromatic N) is 2. The Hall–Kier alpha value is -1.38. The fraction of sp³-hybridized carbons (Fsp3) is 0.222. The van der Waals surface area contributed by atoms with Crippen molar-refractivity contribution in [3.05, 3.63) is 29.7 Å². The maximum absolute atomic E-state index is 12.9. The second kappa shape index (κ2) is 2.30. The molecule has 0 radical (unpaired) electrons. The van der Waals surface area contributed by atoms with E-state index in [-0.39, 0.29) is 5.82 Å². The third-order valence-electron chi connectivity index (χ3n) is 1.99. The Morgan fingerprint density at radius 3 is 2.92 bits per heavy atom. The topological polar surface area (TPSA) is 17.8 Å². The van der Waals surface area contributed by atoms with Crippen LogP contribution >= 0.6 is 0 Å². The largest absolute Gasteiger partial charge is 0.268 e. The molecule has 0 saturated heterocycles. The number of rotatable bonds is 0. The number of aromatic nitrogens is 2. The smallest absolute Gasteiger partial charge is 0.124 e. The standard InChI is InChI=1S/C9H9FN2/c1-6-3-8(10)4-7-5-11-12(2)9(6)7/h3-5H,1-2H3. The summed E-state index contributed by atoms with van der Waals surface area (Å²) in [6.45, 7) is 1.88. The van der Waals surface area contributed by atoms with E-state index in [0.717, 1.165) is 16.5 Å². The molecule has 62 valence electrons. The predicted molar refractivity (Wildman–Crippen MR) is 45.4 cm³/mol. The maximum atomic E-state index is 12.9. The van der Waals surface area contributed by atoms with Crippen LogP contribution in [0.25, 0.3) is 10.9 Å². The van der Waals surface area contributed by atoms with E-state index in [1.165, 1.54) is 12.1 Å². The highest BCUT2D eigenvalue weighted by molar-refractivity contribution is 5.81. The van der Waals surface area contributed by atoms with Crippen molar-refractivity contribution < 1.29 is 4.39 Å². The summed E-state index contributed by atoms with van der Waals surface area (Å²) in [5.74, 6) is -0.201. The number of benzene rings is 1. The molecule has 0 aliphatic carbocycles. The van der Waals surface area contributed by atoms with Gasteiger partial charge >= 0.3 is 0 Å². The van der Waals surface area contributed by atoms with Gasteiger partial charge in [-0.1, -0.05) is 0 Å². The van der Waals surface area contributed by atoms with Gasteiger partial charge < -0.3 is 0 Å². The van der Waals surface area contributed by atoms with Gasteiger partial charge in [0.2, 0.25) is 0 Å². The molecule has 1 aromatic heterocycles. The number of hydrogen-bond donors (Lipinski definition) is 0. The van der Waals surface area contributed by atoms with Crippen LogP contribution in [0, 0.1) is 12.7 Å². The lowest BCUT2D eigenvalue weighted by molar-refractivity contribution is 0.628. The molecule has 0 bridgehead atoms. The van der Waals surface area contributed by atoms with E-state index >= 15 is 0 Å². The second-order valence-corrected chi connectivity index (χ2v) is 2.93. The number of hydrogen-bond acceptors (Lipinski definition) is 1. The van der Waals surface area contributed by atoms with Crippen molar-refractivity contribution in [2.45, 2.75) is 6.92 Å². The SMILES string of the molecule is Cc1cc(F)cc2cnn(C)c12. The van der Waals surface area contributed by atoms with Crippen molar-refractivity contribution in [1.29, 1.82) is 0 Å². The number of aryl methyl sites for hydroxylation is 2. The molecule has 0 amide bonds. The van der Waals surface area contributed by atoms with E-state index < -0.39 is 0 Å². The first kappa shape index (κ1) is 7.28. The van der Waals surface area contributed by atoms with Crippen LogP contribution in [0.5, 0.6) is 0 Å². The molecule has 0 fully saturated rings. The summed E-state index contributed by atoms with van der Waals surface area (Å²) in [5, 5.41) is 4.90. The zero-order valence-corrected chi connectivity index (χ0v) is 7.00. The van der Waals surface area contributed by atoms with Crippen LogP contribution < -0.4 is 0 Å². The van der Waals surface area contributed by atoms with Crippen LogP contribution in [0.4, 0.5) is 4.39 Å². The molecule has 2 nitrogen and oxygen atoms in total. The molecular weight excluding hydrogens is 155 g/mol. The molecule has 0 unspecified atom stereocenters. The highest BCUT2D eigenvalue weighted by Crippen LogP contribution is 2.18. The summed E-state index contributed by atoms with van der Waals surface area (Å²) in [4.78, 5) is 0. The van der Waals surface area contributed by atoms with Crippen molar-refractivity contribution >= 4 is 10.9 Å². The van der Waals surface area contributed by atoms with Gasteiger partial charge in [-0.3, -0.25) is 4.68 Å². The Bertz CT molecular complexity index is 431. The lowest BCUT2D eigenvalue weighted by atomic mass is 10.1. The van der Waals surface area contributed by atoms with Crippen molar-refractivity contribution in [2.24, 2.45) is 7.05 Å². The van der Waals surface area contributed by atoms with Crippen LogP contribution in [-0.4, -0.2) is 9.78 Å². The van der Waals surface area contributed by atoms with Crippen molar-refractivity contribution in [3.8, 4) is 0 Å². The average Bonchev–Trinajstić information content (AvgIpc) is 2.31. The molecule has 3 heteroatoms. The summed E-state index contributed by atoms with van der Waals surface area (Å²) >= 11 is 0. The fourth-order valence-corrected chi connectivity index (χ4v) is 1.51. The van der Waals surface area contributed by atoms with E-state index in [9.17, 15) is 4.39 Å². The van der Waals surface area contributed by atoms with Gasteiger partial charge in [0, 0.05) is 12.4 Å². The van der Waals surface area contributed by atoms with Gasteiger partial charge in [-0.15, -0.1) is 0 Å². The minimum Gasteiger partial charge on any atom is -0.268 e. The highest BCUT2D eigenvalue weighted by atomic mass is 19.1. The van der Waals surface area contributed by atoms with Crippen LogP contribution in [0.3, 0.4) is 0 Å². The van der Waals surface area contributed by atoms with Gasteiger partial charge in [-0.2, -0.15) is 5.10 Å². The normalized spacial score (nSPS) is 10.9. The summed E-state index contributed by atoms with van der Waals surface area (Å²) in [6.07, 6.45) is 1.67. The van der Waals surface area contributed by atoms with Crippen molar-refractivity contribution in [1.82, 2.24) is 9.78 Å². The first-order chi connectivity index (χ1) is 5.68. The lowest BCUT2D eigenvalue weighted by Crippen LogP contribution is -1.91. The summed E-state index contributed by atoms with van der Waals surface area (Å²) in [7, 11) is 1.85. The molecule has 0 N–H and O–H groups in total. The Labute approximate surface area is 69.6 Å². The van der Waals surface area contributed by atoms with E-state index in [1.807, 2.05) is 14.0 Å². The summed E-state index contributed by atoms with van der Waals surface area (Å²) in [5.41, 5.74) is 1.92. The average molecular weight is 164 g/mol. The molecule has 0 saturated carbocycles. The molecule has 2 aromatic rings. The van der Waals surface area contributed by atoms with Gasteiger partial charge in [-0.05, 0) is 24.6 Å². The minimum atomic E-state index is -0.201. The predicted octanol–water partition coefficient (Wildman–Crippen LogP) is 2.02. The van der Waals surface area contributed by atoms with Crippen LogP contribution in [0.2, 0.25) is 0 Å². The minimum absolute atomic E-state index is 0.201. The summed E-state index contributed by atoms with van der Waals surface area (Å²) in [6, 6.07) is 3.01. The fourth-order valence-electron chi connectivity index (χ4n) is 1.51. The molecule has 0 aliphatic rings. The summed E-state index contributed by atoms with van der Waals surface area (Å²) < 4.78 is 14.6. The van der Waals surface area contributed by atoms with Gasteiger partial charge in [-0.25, -0.2) is 4.39 Å². The van der Waals surface area contributed by atoms with Gasteiger partial charge in [0.15, 0.2) is 0 Å².